The third kappa shape index (κ3) is 3.23. The smallest absolute Gasteiger partial charge is 0.0963 e. The van der Waals surface area contributed by atoms with E-state index in [9.17, 15) is 0 Å². The summed E-state index contributed by atoms with van der Waals surface area (Å²) in [7, 11) is 0. The van der Waals surface area contributed by atoms with Crippen LogP contribution in [0, 0.1) is 6.92 Å². The molecule has 0 unspecified atom stereocenters. The summed E-state index contributed by atoms with van der Waals surface area (Å²) in [5.41, 5.74) is 9.21. The Kier molecular flexibility index (Phi) is 4.71. The van der Waals surface area contributed by atoms with Gasteiger partial charge in [0.25, 0.3) is 0 Å². The van der Waals surface area contributed by atoms with E-state index in [1.54, 1.807) is 0 Å². The molecule has 0 saturated carbocycles. The number of fused-ring (bicyclic) bond motifs is 4. The molecule has 2 heterocycles. The van der Waals surface area contributed by atoms with Crippen LogP contribution in [0.5, 0.6) is 0 Å². The SMILES string of the molecule is Cc1c(-c2cccc(-c3cccc4ccccc34)c2)nn2c(-c3ccccc3)cc3ccccc3c12. The Bertz CT molecular complexity index is 1890. The van der Waals surface area contributed by atoms with Crippen LogP contribution in [0.15, 0.2) is 127 Å². The van der Waals surface area contributed by atoms with Crippen molar-refractivity contribution in [3.05, 3.63) is 133 Å². The van der Waals surface area contributed by atoms with Gasteiger partial charge in [-0.3, -0.25) is 0 Å². The molecule has 7 rings (SSSR count). The van der Waals surface area contributed by atoms with Gasteiger partial charge < -0.3 is 0 Å². The maximum atomic E-state index is 5.22. The van der Waals surface area contributed by atoms with Crippen LogP contribution in [0.4, 0.5) is 0 Å². The van der Waals surface area contributed by atoms with Crippen LogP contribution in [0.3, 0.4) is 0 Å². The van der Waals surface area contributed by atoms with E-state index in [1.165, 1.54) is 38.2 Å². The topological polar surface area (TPSA) is 17.3 Å². The predicted octanol–water partition coefficient (Wildman–Crippen LogP) is 8.95. The predicted molar refractivity (Wildman–Crippen MR) is 151 cm³/mol. The number of rotatable bonds is 3. The van der Waals surface area contributed by atoms with Crippen molar-refractivity contribution in [2.24, 2.45) is 0 Å². The number of aromatic nitrogens is 2. The minimum Gasteiger partial charge on any atom is -0.232 e. The summed E-state index contributed by atoms with van der Waals surface area (Å²) in [4.78, 5) is 0. The number of benzene rings is 5. The molecular weight excluding hydrogens is 436 g/mol. The highest BCUT2D eigenvalue weighted by Crippen LogP contribution is 2.36. The molecule has 5 aromatic carbocycles. The quantitative estimate of drug-likeness (QED) is 0.257. The van der Waals surface area contributed by atoms with Crippen molar-refractivity contribution in [2.75, 3.05) is 0 Å². The fourth-order valence-corrected chi connectivity index (χ4v) is 5.43. The molecule has 0 aliphatic rings. The molecule has 170 valence electrons. The molecule has 0 bridgehead atoms. The Morgan fingerprint density at radius 3 is 2.03 bits per heavy atom. The van der Waals surface area contributed by atoms with E-state index < -0.39 is 0 Å². The summed E-state index contributed by atoms with van der Waals surface area (Å²) in [6, 6.07) is 45.3. The van der Waals surface area contributed by atoms with Gasteiger partial charge in [-0.1, -0.05) is 115 Å². The fraction of sp³-hybridized carbons (Fsp3) is 0.0294. The van der Waals surface area contributed by atoms with Gasteiger partial charge in [-0.25, -0.2) is 4.52 Å². The third-order valence-electron chi connectivity index (χ3n) is 7.16. The lowest BCUT2D eigenvalue weighted by Crippen LogP contribution is -1.95. The van der Waals surface area contributed by atoms with Gasteiger partial charge >= 0.3 is 0 Å². The Morgan fingerprint density at radius 1 is 0.528 bits per heavy atom. The Labute approximate surface area is 210 Å². The van der Waals surface area contributed by atoms with Gasteiger partial charge in [-0.15, -0.1) is 0 Å². The lowest BCUT2D eigenvalue weighted by molar-refractivity contribution is 0.979. The zero-order valence-electron chi connectivity index (χ0n) is 20.0. The lowest BCUT2D eigenvalue weighted by atomic mass is 9.95. The molecule has 0 aliphatic heterocycles. The van der Waals surface area contributed by atoms with Crippen molar-refractivity contribution in [3.8, 4) is 33.6 Å². The van der Waals surface area contributed by atoms with Crippen molar-refractivity contribution in [3.63, 3.8) is 0 Å². The summed E-state index contributed by atoms with van der Waals surface area (Å²) in [6.07, 6.45) is 0. The van der Waals surface area contributed by atoms with Gasteiger partial charge in [0.1, 0.15) is 0 Å². The minimum absolute atomic E-state index is 1.02. The first-order valence-electron chi connectivity index (χ1n) is 12.3. The van der Waals surface area contributed by atoms with Gasteiger partial charge in [-0.05, 0) is 46.3 Å². The van der Waals surface area contributed by atoms with Gasteiger partial charge in [0.15, 0.2) is 0 Å². The van der Waals surface area contributed by atoms with E-state index in [-0.39, 0.29) is 0 Å². The summed E-state index contributed by atoms with van der Waals surface area (Å²) >= 11 is 0. The van der Waals surface area contributed by atoms with Gasteiger partial charge in [0.05, 0.1) is 16.9 Å². The summed E-state index contributed by atoms with van der Waals surface area (Å²) in [5.74, 6) is 0. The summed E-state index contributed by atoms with van der Waals surface area (Å²) in [6.45, 7) is 2.20. The molecule has 0 fully saturated rings. The molecule has 0 aliphatic carbocycles. The number of pyridine rings is 1. The van der Waals surface area contributed by atoms with Crippen molar-refractivity contribution >= 4 is 27.1 Å². The normalized spacial score (nSPS) is 11.5. The Hall–Kier alpha value is -4.69. The zero-order valence-corrected chi connectivity index (χ0v) is 20.0. The van der Waals surface area contributed by atoms with E-state index in [1.807, 2.05) is 0 Å². The van der Waals surface area contributed by atoms with Crippen LogP contribution in [0.2, 0.25) is 0 Å². The van der Waals surface area contributed by atoms with E-state index in [2.05, 4.69) is 139 Å². The minimum atomic E-state index is 1.02. The molecule has 2 nitrogen and oxygen atoms in total. The highest BCUT2D eigenvalue weighted by Gasteiger charge is 2.18. The summed E-state index contributed by atoms with van der Waals surface area (Å²) in [5, 5.41) is 10.2. The van der Waals surface area contributed by atoms with Crippen LogP contribution >= 0.6 is 0 Å². The van der Waals surface area contributed by atoms with E-state index in [0.717, 1.165) is 28.0 Å². The first-order chi connectivity index (χ1) is 17.8. The monoisotopic (exact) mass is 460 g/mol. The van der Waals surface area contributed by atoms with Crippen LogP contribution < -0.4 is 0 Å². The molecule has 0 amide bonds. The van der Waals surface area contributed by atoms with Gasteiger partial charge in [0, 0.05) is 22.1 Å². The van der Waals surface area contributed by atoms with Crippen molar-refractivity contribution < 1.29 is 0 Å². The lowest BCUT2D eigenvalue weighted by Gasteiger charge is -2.09. The molecule has 0 atom stereocenters. The number of nitrogens with zero attached hydrogens (tertiary/aromatic N) is 2. The number of aryl methyl sites for hydroxylation is 1. The van der Waals surface area contributed by atoms with Crippen molar-refractivity contribution in [1.82, 2.24) is 9.61 Å². The second kappa shape index (κ2) is 8.21. The Morgan fingerprint density at radius 2 is 1.17 bits per heavy atom. The molecule has 0 spiro atoms. The molecule has 2 aromatic heterocycles. The van der Waals surface area contributed by atoms with Crippen LogP contribution in [0.25, 0.3) is 60.7 Å². The molecule has 7 aromatic rings. The molecule has 0 radical (unpaired) electrons. The average molecular weight is 461 g/mol. The maximum absolute atomic E-state index is 5.22. The highest BCUT2D eigenvalue weighted by atomic mass is 15.2. The number of hydrogen-bond donors (Lipinski definition) is 0. The highest BCUT2D eigenvalue weighted by molar-refractivity contribution is 6.02. The van der Waals surface area contributed by atoms with Crippen LogP contribution in [-0.4, -0.2) is 9.61 Å². The average Bonchev–Trinajstić information content (AvgIpc) is 3.30. The Balaban J connectivity index is 1.48. The molecule has 0 N–H and O–H groups in total. The van der Waals surface area contributed by atoms with Crippen LogP contribution in [0.1, 0.15) is 5.56 Å². The van der Waals surface area contributed by atoms with E-state index >= 15 is 0 Å². The first-order valence-corrected chi connectivity index (χ1v) is 12.3. The van der Waals surface area contributed by atoms with Gasteiger partial charge in [-0.2, -0.15) is 5.10 Å². The standard InChI is InChI=1S/C34H24N2/c1-23-33(28-17-9-16-26(21-28)30-20-10-15-24-11-5-7-18-29(24)30)35-36-32(25-12-3-2-4-13-25)22-27-14-6-8-19-31(27)34(23)36/h2-22H,1H3. The zero-order chi connectivity index (χ0) is 24.1. The van der Waals surface area contributed by atoms with E-state index in [4.69, 9.17) is 5.10 Å². The largest absolute Gasteiger partial charge is 0.232 e. The second-order valence-electron chi connectivity index (χ2n) is 9.32. The second-order valence-corrected chi connectivity index (χ2v) is 9.32. The first kappa shape index (κ1) is 20.7. The molecule has 36 heavy (non-hydrogen) atoms. The fourth-order valence-electron chi connectivity index (χ4n) is 5.43. The molecular formula is C34H24N2. The van der Waals surface area contributed by atoms with Crippen molar-refractivity contribution in [1.29, 1.82) is 0 Å². The van der Waals surface area contributed by atoms with E-state index in [0.29, 0.717) is 0 Å². The van der Waals surface area contributed by atoms with Gasteiger partial charge in [0.2, 0.25) is 0 Å². The molecule has 0 saturated heterocycles. The van der Waals surface area contributed by atoms with Crippen molar-refractivity contribution in [2.45, 2.75) is 6.92 Å². The maximum Gasteiger partial charge on any atom is 0.0963 e. The molecule has 2 heteroatoms. The summed E-state index contributed by atoms with van der Waals surface area (Å²) < 4.78 is 2.13. The number of hydrogen-bond acceptors (Lipinski definition) is 1. The van der Waals surface area contributed by atoms with Crippen LogP contribution in [-0.2, 0) is 0 Å². The third-order valence-corrected chi connectivity index (χ3v) is 7.16.